The van der Waals surface area contributed by atoms with Gasteiger partial charge in [-0.2, -0.15) is 0 Å². The number of carbonyl (C=O) groups is 1. The van der Waals surface area contributed by atoms with E-state index in [2.05, 4.69) is 10.0 Å². The van der Waals surface area contributed by atoms with Crippen LogP contribution in [0.25, 0.3) is 0 Å². The van der Waals surface area contributed by atoms with Crippen molar-refractivity contribution < 1.29 is 23.1 Å². The van der Waals surface area contributed by atoms with E-state index in [4.69, 9.17) is 9.84 Å². The van der Waals surface area contributed by atoms with Gasteiger partial charge in [-0.05, 0) is 25.1 Å². The van der Waals surface area contributed by atoms with Gasteiger partial charge in [-0.3, -0.25) is 4.79 Å². The molecule has 1 aromatic carbocycles. The minimum absolute atomic E-state index is 0.0256. The van der Waals surface area contributed by atoms with E-state index in [1.165, 1.54) is 39.2 Å². The number of nitrogens with one attached hydrogen (secondary N) is 2. The molecule has 1 aromatic rings. The Hall–Kier alpha value is -1.64. The van der Waals surface area contributed by atoms with Crippen LogP contribution in [0.4, 0.5) is 5.69 Å². The maximum absolute atomic E-state index is 12.1. The van der Waals surface area contributed by atoms with Crippen LogP contribution in [0.15, 0.2) is 23.1 Å². The van der Waals surface area contributed by atoms with Crippen molar-refractivity contribution in [2.24, 2.45) is 0 Å². The number of amides is 1. The number of benzene rings is 1. The molecule has 0 radical (unpaired) electrons. The van der Waals surface area contributed by atoms with E-state index in [0.29, 0.717) is 5.75 Å². The molecule has 0 heterocycles. The van der Waals surface area contributed by atoms with Gasteiger partial charge in [0.1, 0.15) is 5.75 Å². The van der Waals surface area contributed by atoms with Crippen molar-refractivity contribution in [3.63, 3.8) is 0 Å². The Morgan fingerprint density at radius 2 is 2.10 bits per heavy atom. The number of sulfonamides is 1. The molecule has 7 nitrogen and oxygen atoms in total. The molecule has 1 atom stereocenters. The van der Waals surface area contributed by atoms with E-state index < -0.39 is 16.1 Å². The predicted molar refractivity (Wildman–Crippen MR) is 74.2 cm³/mol. The predicted octanol–water partition coefficient (Wildman–Crippen LogP) is 0.313. The number of anilines is 1. The maximum Gasteiger partial charge on any atom is 0.240 e. The molecule has 0 bridgehead atoms. The molecule has 1 rings (SSSR count). The molecule has 0 aliphatic rings. The summed E-state index contributed by atoms with van der Waals surface area (Å²) in [4.78, 5) is 11.1. The summed E-state index contributed by atoms with van der Waals surface area (Å²) in [6.07, 6.45) is 0. The fourth-order valence-electron chi connectivity index (χ4n) is 1.51. The second-order valence-corrected chi connectivity index (χ2v) is 5.96. The summed E-state index contributed by atoms with van der Waals surface area (Å²) >= 11 is 0. The standard InChI is InChI=1S/C12H18N2O5S/c1-8(7-15)14-20(17,18)10-4-5-12(19-3)11(6-10)13-9(2)16/h4-6,8,14-15H,7H2,1-3H3,(H,13,16). The van der Waals surface area contributed by atoms with E-state index in [-0.39, 0.29) is 23.1 Å². The van der Waals surface area contributed by atoms with E-state index in [1.54, 1.807) is 0 Å². The molecule has 0 aromatic heterocycles. The van der Waals surface area contributed by atoms with Gasteiger partial charge in [0.15, 0.2) is 0 Å². The summed E-state index contributed by atoms with van der Waals surface area (Å²) in [5, 5.41) is 11.4. The number of aliphatic hydroxyl groups is 1. The first-order valence-electron chi connectivity index (χ1n) is 5.89. The first kappa shape index (κ1) is 16.4. The Labute approximate surface area is 118 Å². The number of hydrogen-bond acceptors (Lipinski definition) is 5. The second kappa shape index (κ2) is 6.69. The maximum atomic E-state index is 12.1. The third-order valence-electron chi connectivity index (χ3n) is 2.42. The second-order valence-electron chi connectivity index (χ2n) is 4.25. The van der Waals surface area contributed by atoms with Gasteiger partial charge < -0.3 is 15.2 Å². The van der Waals surface area contributed by atoms with Gasteiger partial charge in [0.05, 0.1) is 24.3 Å². The Morgan fingerprint density at radius 3 is 2.60 bits per heavy atom. The Balaban J connectivity index is 3.16. The van der Waals surface area contributed by atoms with Crippen molar-refractivity contribution in [2.45, 2.75) is 24.8 Å². The first-order chi connectivity index (χ1) is 9.30. The molecular formula is C12H18N2O5S. The molecule has 0 saturated carbocycles. The van der Waals surface area contributed by atoms with Gasteiger partial charge in [0.25, 0.3) is 0 Å². The van der Waals surface area contributed by atoms with Crippen molar-refractivity contribution in [3.05, 3.63) is 18.2 Å². The molecular weight excluding hydrogens is 284 g/mol. The molecule has 112 valence electrons. The van der Waals surface area contributed by atoms with Crippen LogP contribution < -0.4 is 14.8 Å². The van der Waals surface area contributed by atoms with E-state index in [0.717, 1.165) is 0 Å². The highest BCUT2D eigenvalue weighted by Crippen LogP contribution is 2.27. The lowest BCUT2D eigenvalue weighted by Gasteiger charge is -2.14. The minimum atomic E-state index is -3.77. The van der Waals surface area contributed by atoms with E-state index in [1.807, 2.05) is 0 Å². The highest BCUT2D eigenvalue weighted by atomic mass is 32.2. The molecule has 3 N–H and O–H groups in total. The fraction of sp³-hybridized carbons (Fsp3) is 0.417. The molecule has 0 spiro atoms. The van der Waals surface area contributed by atoms with Crippen LogP contribution >= 0.6 is 0 Å². The van der Waals surface area contributed by atoms with Gasteiger partial charge in [0.2, 0.25) is 15.9 Å². The lowest BCUT2D eigenvalue weighted by Crippen LogP contribution is -2.35. The van der Waals surface area contributed by atoms with Gasteiger partial charge in [-0.1, -0.05) is 0 Å². The Bertz CT molecular complexity index is 586. The SMILES string of the molecule is COc1ccc(S(=O)(=O)NC(C)CO)cc1NC(C)=O. The normalized spacial score (nSPS) is 12.8. The number of rotatable bonds is 6. The summed E-state index contributed by atoms with van der Waals surface area (Å²) in [6, 6.07) is 3.50. The Kier molecular flexibility index (Phi) is 5.49. The fourth-order valence-corrected chi connectivity index (χ4v) is 2.77. The molecule has 0 fully saturated rings. The van der Waals surface area contributed by atoms with Gasteiger partial charge in [-0.15, -0.1) is 0 Å². The van der Waals surface area contributed by atoms with Crippen LogP contribution in [0.3, 0.4) is 0 Å². The highest BCUT2D eigenvalue weighted by Gasteiger charge is 2.19. The van der Waals surface area contributed by atoms with Crippen molar-refractivity contribution in [2.75, 3.05) is 19.0 Å². The van der Waals surface area contributed by atoms with Crippen LogP contribution in [0.1, 0.15) is 13.8 Å². The highest BCUT2D eigenvalue weighted by molar-refractivity contribution is 7.89. The topological polar surface area (TPSA) is 105 Å². The molecule has 0 aliphatic carbocycles. The summed E-state index contributed by atoms with van der Waals surface area (Å²) < 4.78 is 31.5. The molecule has 0 aliphatic heterocycles. The van der Waals surface area contributed by atoms with Crippen molar-refractivity contribution >= 4 is 21.6 Å². The number of ether oxygens (including phenoxy) is 1. The quantitative estimate of drug-likeness (QED) is 0.701. The van der Waals surface area contributed by atoms with Gasteiger partial charge >= 0.3 is 0 Å². The van der Waals surface area contributed by atoms with Crippen LogP contribution in [0.5, 0.6) is 5.75 Å². The lowest BCUT2D eigenvalue weighted by molar-refractivity contribution is -0.114. The number of hydrogen-bond donors (Lipinski definition) is 3. The Morgan fingerprint density at radius 1 is 1.45 bits per heavy atom. The van der Waals surface area contributed by atoms with Gasteiger partial charge in [0, 0.05) is 13.0 Å². The first-order valence-corrected chi connectivity index (χ1v) is 7.37. The monoisotopic (exact) mass is 302 g/mol. The number of methoxy groups -OCH3 is 1. The summed E-state index contributed by atoms with van der Waals surface area (Å²) in [5.74, 6) is 0.0175. The smallest absolute Gasteiger partial charge is 0.240 e. The molecule has 8 heteroatoms. The lowest BCUT2D eigenvalue weighted by atomic mass is 10.3. The van der Waals surface area contributed by atoms with Crippen molar-refractivity contribution in [3.8, 4) is 5.75 Å². The number of carbonyl (C=O) groups excluding carboxylic acids is 1. The molecule has 1 amide bonds. The van der Waals surface area contributed by atoms with Crippen LogP contribution in [0, 0.1) is 0 Å². The van der Waals surface area contributed by atoms with Crippen LogP contribution in [-0.4, -0.2) is 39.2 Å². The average molecular weight is 302 g/mol. The summed E-state index contributed by atoms with van der Waals surface area (Å²) in [6.45, 7) is 2.54. The van der Waals surface area contributed by atoms with Crippen molar-refractivity contribution in [1.82, 2.24) is 4.72 Å². The van der Waals surface area contributed by atoms with Crippen LogP contribution in [0.2, 0.25) is 0 Å². The third-order valence-corrected chi connectivity index (χ3v) is 4.01. The van der Waals surface area contributed by atoms with E-state index in [9.17, 15) is 13.2 Å². The van der Waals surface area contributed by atoms with E-state index >= 15 is 0 Å². The number of aliphatic hydroxyl groups excluding tert-OH is 1. The zero-order chi connectivity index (χ0) is 15.3. The van der Waals surface area contributed by atoms with Crippen LogP contribution in [-0.2, 0) is 14.8 Å². The zero-order valence-corrected chi connectivity index (χ0v) is 12.3. The van der Waals surface area contributed by atoms with Gasteiger partial charge in [-0.25, -0.2) is 13.1 Å². The average Bonchev–Trinajstić information content (AvgIpc) is 2.37. The molecule has 20 heavy (non-hydrogen) atoms. The third kappa shape index (κ3) is 4.19. The molecule has 0 saturated heterocycles. The minimum Gasteiger partial charge on any atom is -0.495 e. The molecule has 1 unspecified atom stereocenters. The summed E-state index contributed by atoms with van der Waals surface area (Å²) in [5.41, 5.74) is 0.263. The summed E-state index contributed by atoms with van der Waals surface area (Å²) in [7, 11) is -2.35. The zero-order valence-electron chi connectivity index (χ0n) is 11.5. The van der Waals surface area contributed by atoms with Crippen molar-refractivity contribution in [1.29, 1.82) is 0 Å². The largest absolute Gasteiger partial charge is 0.495 e.